The Hall–Kier alpha value is -2.08. The molecule has 1 fully saturated rings. The van der Waals surface area contributed by atoms with Gasteiger partial charge in [0.1, 0.15) is 6.33 Å². The van der Waals surface area contributed by atoms with Gasteiger partial charge >= 0.3 is 0 Å². The maximum Gasteiger partial charge on any atom is 0.227 e. The van der Waals surface area contributed by atoms with E-state index >= 15 is 0 Å². The molecule has 0 spiro atoms. The molecule has 0 unspecified atom stereocenters. The number of nitrogens with zero attached hydrogens (tertiary/aromatic N) is 4. The first-order valence-electron chi connectivity index (χ1n) is 6.50. The van der Waals surface area contributed by atoms with Crippen molar-refractivity contribution < 1.29 is 0 Å². The first kappa shape index (κ1) is 12.0. The zero-order chi connectivity index (χ0) is 12.9. The highest BCUT2D eigenvalue weighted by molar-refractivity contribution is 5.49. The summed E-state index contributed by atoms with van der Waals surface area (Å²) in [5.41, 5.74) is 1.82. The summed E-state index contributed by atoms with van der Waals surface area (Å²) in [6.07, 6.45) is 10.3. The van der Waals surface area contributed by atoms with Gasteiger partial charge in [0.15, 0.2) is 0 Å². The van der Waals surface area contributed by atoms with Crippen LogP contribution in [0.25, 0.3) is 0 Å². The molecule has 3 rings (SSSR count). The van der Waals surface area contributed by atoms with E-state index in [0.29, 0.717) is 12.0 Å². The minimum absolute atomic E-state index is 0.337. The van der Waals surface area contributed by atoms with Gasteiger partial charge in [0.25, 0.3) is 0 Å². The van der Waals surface area contributed by atoms with Crippen LogP contribution in [-0.4, -0.2) is 26.5 Å². The van der Waals surface area contributed by atoms with Gasteiger partial charge < -0.3 is 10.6 Å². The Kier molecular flexibility index (Phi) is 3.60. The first-order valence-corrected chi connectivity index (χ1v) is 6.50. The molecule has 1 saturated heterocycles. The van der Waals surface area contributed by atoms with Crippen LogP contribution >= 0.6 is 0 Å². The van der Waals surface area contributed by atoms with Crippen LogP contribution in [0.2, 0.25) is 0 Å². The van der Waals surface area contributed by atoms with Crippen LogP contribution in [0.15, 0.2) is 31.0 Å². The number of anilines is 2. The van der Waals surface area contributed by atoms with Crippen LogP contribution in [0.5, 0.6) is 0 Å². The lowest BCUT2D eigenvalue weighted by atomic mass is 10.0. The van der Waals surface area contributed by atoms with Crippen molar-refractivity contribution in [1.82, 2.24) is 25.3 Å². The molecule has 98 valence electrons. The third-order valence-corrected chi connectivity index (χ3v) is 3.16. The highest BCUT2D eigenvalue weighted by Crippen LogP contribution is 2.22. The van der Waals surface area contributed by atoms with Crippen LogP contribution in [0.4, 0.5) is 11.6 Å². The average molecular weight is 256 g/mol. The molecule has 2 N–H and O–H groups in total. The Labute approximate surface area is 111 Å². The molecule has 0 radical (unpaired) electrons. The Morgan fingerprint density at radius 3 is 2.89 bits per heavy atom. The molecule has 6 heteroatoms. The third kappa shape index (κ3) is 3.03. The smallest absolute Gasteiger partial charge is 0.227 e. The molecule has 0 aliphatic carbocycles. The Morgan fingerprint density at radius 2 is 2.11 bits per heavy atom. The van der Waals surface area contributed by atoms with Crippen LogP contribution in [0.3, 0.4) is 0 Å². The minimum atomic E-state index is 0.337. The Balaban J connectivity index is 1.76. The van der Waals surface area contributed by atoms with Crippen LogP contribution < -0.4 is 10.6 Å². The van der Waals surface area contributed by atoms with Crippen LogP contribution in [0, 0.1) is 0 Å². The highest BCUT2D eigenvalue weighted by atomic mass is 15.1. The molecule has 0 aromatic carbocycles. The summed E-state index contributed by atoms with van der Waals surface area (Å²) in [5, 5.41) is 6.59. The van der Waals surface area contributed by atoms with E-state index in [1.54, 1.807) is 18.6 Å². The lowest BCUT2D eigenvalue weighted by molar-refractivity contribution is 0.405. The fourth-order valence-corrected chi connectivity index (χ4v) is 2.22. The molecule has 1 aliphatic heterocycles. The molecule has 0 saturated carbocycles. The average Bonchev–Trinajstić information content (AvgIpc) is 2.49. The number of rotatable bonds is 3. The van der Waals surface area contributed by atoms with Crippen LogP contribution in [-0.2, 0) is 0 Å². The standard InChI is InChI=1S/C13H16N6/c1-2-5-16-11(3-1)12-4-6-17-13(19-12)18-10-7-14-9-15-8-10/h4,6-9,11,16H,1-3,5H2,(H,17,18,19)/t11-/m0/s1. The normalized spacial score (nSPS) is 19.1. The predicted molar refractivity (Wildman–Crippen MR) is 71.9 cm³/mol. The number of hydrogen-bond acceptors (Lipinski definition) is 6. The summed E-state index contributed by atoms with van der Waals surface area (Å²) in [4.78, 5) is 16.7. The van der Waals surface area contributed by atoms with E-state index < -0.39 is 0 Å². The monoisotopic (exact) mass is 256 g/mol. The zero-order valence-corrected chi connectivity index (χ0v) is 10.6. The van der Waals surface area contributed by atoms with Crippen molar-refractivity contribution in [2.45, 2.75) is 25.3 Å². The molecular formula is C13H16N6. The SMILES string of the molecule is c1ncc(Nc2nccc([C@@H]3CCCCN3)n2)cn1. The molecule has 2 aromatic rings. The maximum absolute atomic E-state index is 4.55. The van der Waals surface area contributed by atoms with Gasteiger partial charge in [-0.2, -0.15) is 0 Å². The van der Waals surface area contributed by atoms with Crippen LogP contribution in [0.1, 0.15) is 31.0 Å². The van der Waals surface area contributed by atoms with Crippen molar-refractivity contribution in [3.63, 3.8) is 0 Å². The van der Waals surface area contributed by atoms with E-state index in [-0.39, 0.29) is 0 Å². The predicted octanol–water partition coefficient (Wildman–Crippen LogP) is 1.82. The topological polar surface area (TPSA) is 75.6 Å². The quantitative estimate of drug-likeness (QED) is 0.872. The third-order valence-electron chi connectivity index (χ3n) is 3.16. The molecule has 3 heterocycles. The van der Waals surface area contributed by atoms with Crippen molar-refractivity contribution in [3.8, 4) is 0 Å². The first-order chi connectivity index (χ1) is 9.42. The van der Waals surface area contributed by atoms with E-state index in [0.717, 1.165) is 24.3 Å². The summed E-state index contributed by atoms with van der Waals surface area (Å²) < 4.78 is 0. The number of piperidine rings is 1. The molecule has 6 nitrogen and oxygen atoms in total. The fourth-order valence-electron chi connectivity index (χ4n) is 2.22. The van der Waals surface area contributed by atoms with E-state index in [1.165, 1.54) is 19.2 Å². The lowest BCUT2D eigenvalue weighted by Gasteiger charge is -2.23. The molecule has 1 atom stereocenters. The van der Waals surface area contributed by atoms with E-state index in [1.807, 2.05) is 6.07 Å². The van der Waals surface area contributed by atoms with E-state index in [2.05, 4.69) is 30.6 Å². The highest BCUT2D eigenvalue weighted by Gasteiger charge is 2.16. The Morgan fingerprint density at radius 1 is 1.21 bits per heavy atom. The minimum Gasteiger partial charge on any atom is -0.322 e. The Bertz CT molecular complexity index is 524. The van der Waals surface area contributed by atoms with Crippen molar-refractivity contribution in [2.24, 2.45) is 0 Å². The summed E-state index contributed by atoms with van der Waals surface area (Å²) >= 11 is 0. The second kappa shape index (κ2) is 5.71. The van der Waals surface area contributed by atoms with Gasteiger partial charge in [-0.1, -0.05) is 6.42 Å². The van der Waals surface area contributed by atoms with Crippen molar-refractivity contribution in [3.05, 3.63) is 36.7 Å². The van der Waals surface area contributed by atoms with Gasteiger partial charge in [0.2, 0.25) is 5.95 Å². The summed E-state index contributed by atoms with van der Waals surface area (Å²) in [6.45, 7) is 1.06. The second-order valence-electron chi connectivity index (χ2n) is 4.56. The molecule has 0 amide bonds. The molecule has 1 aliphatic rings. The zero-order valence-electron chi connectivity index (χ0n) is 10.6. The summed E-state index contributed by atoms with van der Waals surface area (Å²) in [6, 6.07) is 2.31. The van der Waals surface area contributed by atoms with E-state index in [9.17, 15) is 0 Å². The van der Waals surface area contributed by atoms with Crippen molar-refractivity contribution in [1.29, 1.82) is 0 Å². The van der Waals surface area contributed by atoms with Crippen molar-refractivity contribution >= 4 is 11.6 Å². The van der Waals surface area contributed by atoms with Gasteiger partial charge in [-0.3, -0.25) is 0 Å². The number of hydrogen-bond donors (Lipinski definition) is 2. The molecular weight excluding hydrogens is 240 g/mol. The van der Waals surface area contributed by atoms with Gasteiger partial charge in [-0.05, 0) is 25.5 Å². The summed E-state index contributed by atoms with van der Waals surface area (Å²) in [5.74, 6) is 0.583. The largest absolute Gasteiger partial charge is 0.322 e. The van der Waals surface area contributed by atoms with Crippen molar-refractivity contribution in [2.75, 3.05) is 11.9 Å². The fraction of sp³-hybridized carbons (Fsp3) is 0.385. The second-order valence-corrected chi connectivity index (χ2v) is 4.56. The summed E-state index contributed by atoms with van der Waals surface area (Å²) in [7, 11) is 0. The number of nitrogens with one attached hydrogen (secondary N) is 2. The molecule has 2 aromatic heterocycles. The molecule has 19 heavy (non-hydrogen) atoms. The van der Waals surface area contributed by atoms with Gasteiger partial charge in [0.05, 0.1) is 23.8 Å². The maximum atomic E-state index is 4.55. The molecule has 0 bridgehead atoms. The number of aromatic nitrogens is 4. The van der Waals surface area contributed by atoms with Gasteiger partial charge in [-0.15, -0.1) is 0 Å². The lowest BCUT2D eigenvalue weighted by Crippen LogP contribution is -2.27. The van der Waals surface area contributed by atoms with E-state index in [4.69, 9.17) is 0 Å². The van der Waals surface area contributed by atoms with Gasteiger partial charge in [-0.25, -0.2) is 19.9 Å². The van der Waals surface area contributed by atoms with Gasteiger partial charge in [0, 0.05) is 12.2 Å².